The molecule has 0 bridgehead atoms. The van der Waals surface area contributed by atoms with E-state index in [2.05, 4.69) is 40.1 Å². The van der Waals surface area contributed by atoms with Gasteiger partial charge in [0.05, 0.1) is 6.04 Å². The Balaban J connectivity index is 1.89. The van der Waals surface area contributed by atoms with Gasteiger partial charge in [0.25, 0.3) is 0 Å². The zero-order valence-corrected chi connectivity index (χ0v) is 12.3. The molecule has 3 rings (SSSR count). The molecule has 102 valence electrons. The van der Waals surface area contributed by atoms with Crippen LogP contribution in [0.1, 0.15) is 17.2 Å². The number of halogens is 1. The Kier molecular flexibility index (Phi) is 3.98. The predicted octanol–water partition coefficient (Wildman–Crippen LogP) is 3.70. The molecule has 0 fully saturated rings. The van der Waals surface area contributed by atoms with Gasteiger partial charge in [-0.3, -0.25) is 11.3 Å². The molecular weight excluding hydrogens is 290 g/mol. The molecule has 1 unspecified atom stereocenters. The number of thiophene rings is 1. The Morgan fingerprint density at radius 1 is 1.25 bits per heavy atom. The molecule has 20 heavy (non-hydrogen) atoms. The molecule has 1 aromatic carbocycles. The lowest BCUT2D eigenvalue weighted by molar-refractivity contribution is 0.552. The lowest BCUT2D eigenvalue weighted by Crippen LogP contribution is -2.29. The third-order valence-corrected chi connectivity index (χ3v) is 4.57. The Hall–Kier alpha value is -1.46. The van der Waals surface area contributed by atoms with Crippen molar-refractivity contribution in [2.45, 2.75) is 12.5 Å². The molecule has 3 aromatic rings. The maximum atomic E-state index is 5.82. The van der Waals surface area contributed by atoms with Crippen LogP contribution >= 0.6 is 22.9 Å². The van der Waals surface area contributed by atoms with E-state index in [1.165, 1.54) is 15.6 Å². The first-order valence-corrected chi connectivity index (χ1v) is 7.56. The third kappa shape index (κ3) is 2.69. The number of rotatable bonds is 4. The smallest absolute Gasteiger partial charge is 0.129 e. The first-order valence-electron chi connectivity index (χ1n) is 6.30. The number of benzene rings is 1. The zero-order valence-electron chi connectivity index (χ0n) is 10.7. The van der Waals surface area contributed by atoms with Crippen LogP contribution in [-0.2, 0) is 6.42 Å². The average molecular weight is 304 g/mol. The number of pyridine rings is 1. The highest BCUT2D eigenvalue weighted by Crippen LogP contribution is 2.29. The van der Waals surface area contributed by atoms with Gasteiger partial charge in [-0.15, -0.1) is 11.3 Å². The predicted molar refractivity (Wildman–Crippen MR) is 84.8 cm³/mol. The molecule has 0 saturated carbocycles. The molecule has 2 aromatic heterocycles. The minimum Gasteiger partial charge on any atom is -0.271 e. The molecule has 3 nitrogen and oxygen atoms in total. The van der Waals surface area contributed by atoms with E-state index >= 15 is 0 Å². The van der Waals surface area contributed by atoms with Gasteiger partial charge >= 0.3 is 0 Å². The van der Waals surface area contributed by atoms with E-state index in [1.54, 1.807) is 23.6 Å². The molecule has 5 heteroatoms. The number of hydrogen-bond donors (Lipinski definition) is 2. The van der Waals surface area contributed by atoms with E-state index in [1.807, 2.05) is 6.07 Å². The largest absolute Gasteiger partial charge is 0.271 e. The number of nitrogens with one attached hydrogen (secondary N) is 1. The summed E-state index contributed by atoms with van der Waals surface area (Å²) in [5.74, 6) is 5.70. The number of aromatic nitrogens is 1. The normalized spacial score (nSPS) is 12.7. The highest BCUT2D eigenvalue weighted by Gasteiger charge is 2.13. The second kappa shape index (κ2) is 5.89. The Morgan fingerprint density at radius 2 is 2.10 bits per heavy atom. The summed E-state index contributed by atoms with van der Waals surface area (Å²) < 4.78 is 1.30. The van der Waals surface area contributed by atoms with Crippen molar-refractivity contribution in [1.29, 1.82) is 0 Å². The quantitative estimate of drug-likeness (QED) is 0.439. The average Bonchev–Trinajstić information content (AvgIpc) is 2.89. The van der Waals surface area contributed by atoms with Crippen molar-refractivity contribution in [3.05, 3.63) is 64.3 Å². The van der Waals surface area contributed by atoms with Gasteiger partial charge in [-0.25, -0.2) is 4.98 Å². The molecule has 1 atom stereocenters. The van der Waals surface area contributed by atoms with Crippen molar-refractivity contribution in [2.75, 3.05) is 0 Å². The maximum absolute atomic E-state index is 5.82. The van der Waals surface area contributed by atoms with Crippen molar-refractivity contribution in [3.63, 3.8) is 0 Å². The summed E-state index contributed by atoms with van der Waals surface area (Å²) in [5.41, 5.74) is 5.19. The number of hydrazine groups is 1. The highest BCUT2D eigenvalue weighted by molar-refractivity contribution is 7.17. The van der Waals surface area contributed by atoms with Gasteiger partial charge in [0.15, 0.2) is 0 Å². The standard InChI is InChI=1S/C15H14ClN3S/c16-15-6-5-10(8-18-15)13(19-17)7-11-9-20-14-4-2-1-3-12(11)14/h1-6,8-9,13,19H,7,17H2. The van der Waals surface area contributed by atoms with Crippen LogP contribution in [0.4, 0.5) is 0 Å². The lowest BCUT2D eigenvalue weighted by Gasteiger charge is -2.15. The summed E-state index contributed by atoms with van der Waals surface area (Å²) in [6.45, 7) is 0. The second-order valence-corrected chi connectivity index (χ2v) is 5.89. The van der Waals surface area contributed by atoms with Crippen LogP contribution in [0.15, 0.2) is 48.0 Å². The van der Waals surface area contributed by atoms with Gasteiger partial charge in [-0.2, -0.15) is 0 Å². The summed E-state index contributed by atoms with van der Waals surface area (Å²) in [6.07, 6.45) is 2.59. The zero-order chi connectivity index (χ0) is 13.9. The molecular formula is C15H14ClN3S. The van der Waals surface area contributed by atoms with E-state index in [0.717, 1.165) is 12.0 Å². The first-order chi connectivity index (χ1) is 9.78. The molecule has 0 spiro atoms. The van der Waals surface area contributed by atoms with Crippen molar-refractivity contribution in [1.82, 2.24) is 10.4 Å². The molecule has 2 heterocycles. The Labute approximate surface area is 126 Å². The fraction of sp³-hybridized carbons (Fsp3) is 0.133. The number of nitrogens with zero attached hydrogens (tertiary/aromatic N) is 1. The third-order valence-electron chi connectivity index (χ3n) is 3.34. The number of fused-ring (bicyclic) bond motifs is 1. The first kappa shape index (κ1) is 13.5. The SMILES string of the molecule is NNC(Cc1csc2ccccc12)c1ccc(Cl)nc1. The van der Waals surface area contributed by atoms with Gasteiger partial charge < -0.3 is 0 Å². The second-order valence-electron chi connectivity index (χ2n) is 4.59. The topological polar surface area (TPSA) is 50.9 Å². The molecule has 0 aliphatic heterocycles. The van der Waals surface area contributed by atoms with Crippen LogP contribution in [0, 0.1) is 0 Å². The summed E-state index contributed by atoms with van der Waals surface area (Å²) in [4.78, 5) is 4.11. The lowest BCUT2D eigenvalue weighted by atomic mass is 10.0. The van der Waals surface area contributed by atoms with Gasteiger partial charge in [-0.1, -0.05) is 35.9 Å². The maximum Gasteiger partial charge on any atom is 0.129 e. The summed E-state index contributed by atoms with van der Waals surface area (Å²) in [7, 11) is 0. The van der Waals surface area contributed by atoms with Gasteiger partial charge in [0, 0.05) is 10.9 Å². The minimum absolute atomic E-state index is 0.0257. The molecule has 0 aliphatic carbocycles. The van der Waals surface area contributed by atoms with Crippen LogP contribution in [0.5, 0.6) is 0 Å². The van der Waals surface area contributed by atoms with Crippen molar-refractivity contribution >= 4 is 33.0 Å². The van der Waals surface area contributed by atoms with Crippen LogP contribution in [0.2, 0.25) is 5.15 Å². The number of hydrogen-bond acceptors (Lipinski definition) is 4. The fourth-order valence-corrected chi connectivity index (χ4v) is 3.36. The van der Waals surface area contributed by atoms with E-state index in [-0.39, 0.29) is 6.04 Å². The van der Waals surface area contributed by atoms with Crippen LogP contribution in [0.25, 0.3) is 10.1 Å². The monoisotopic (exact) mass is 303 g/mol. The molecule has 0 aliphatic rings. The highest BCUT2D eigenvalue weighted by atomic mass is 35.5. The minimum atomic E-state index is 0.0257. The molecule has 0 radical (unpaired) electrons. The van der Waals surface area contributed by atoms with E-state index in [0.29, 0.717) is 5.15 Å². The molecule has 0 saturated heterocycles. The van der Waals surface area contributed by atoms with Crippen molar-refractivity contribution < 1.29 is 0 Å². The molecule has 0 amide bonds. The van der Waals surface area contributed by atoms with Gasteiger partial charge in [-0.05, 0) is 40.4 Å². The fourth-order valence-electron chi connectivity index (χ4n) is 2.28. The Morgan fingerprint density at radius 3 is 2.85 bits per heavy atom. The van der Waals surface area contributed by atoms with E-state index < -0.39 is 0 Å². The van der Waals surface area contributed by atoms with Crippen LogP contribution in [0.3, 0.4) is 0 Å². The molecule has 3 N–H and O–H groups in total. The van der Waals surface area contributed by atoms with Crippen LogP contribution in [-0.4, -0.2) is 4.98 Å². The number of nitrogens with two attached hydrogens (primary N) is 1. The van der Waals surface area contributed by atoms with E-state index in [9.17, 15) is 0 Å². The van der Waals surface area contributed by atoms with Gasteiger partial charge in [0.2, 0.25) is 0 Å². The van der Waals surface area contributed by atoms with E-state index in [4.69, 9.17) is 17.4 Å². The van der Waals surface area contributed by atoms with Crippen LogP contribution < -0.4 is 11.3 Å². The van der Waals surface area contributed by atoms with Crippen molar-refractivity contribution in [3.8, 4) is 0 Å². The van der Waals surface area contributed by atoms with Crippen molar-refractivity contribution in [2.24, 2.45) is 5.84 Å². The summed E-state index contributed by atoms with van der Waals surface area (Å²) in [5, 5.41) is 3.98. The summed E-state index contributed by atoms with van der Waals surface area (Å²) in [6, 6.07) is 12.2. The van der Waals surface area contributed by atoms with Gasteiger partial charge in [0.1, 0.15) is 5.15 Å². The summed E-state index contributed by atoms with van der Waals surface area (Å²) >= 11 is 7.58. The Bertz CT molecular complexity index is 708.